The molecule has 6 aliphatic rings. The standard InChI is InChI=1S/C46H47F3N2O5/c1-29(52)56-45(50-43(54)37(46(47,48)49)24-30-12-5-2-6-13-30)26-39(53)34-25-38-36-18-11-19-40-44(36,41(34)42(45)55-40)22-23-51(38,27-31-20-21-31)28-35(32-14-7-3-8-15-32)33-16-9-4-10-17-33/h2-10,12-17,24,26,31,35-36,38,40,42H,11,18-23,25,27-28H2,1H3,(H-,50,53,54)/p+1/t36-,38+,40-,42?,44+,45?,51?/m0/s1. The third-order valence-corrected chi connectivity index (χ3v) is 13.8. The Bertz CT molecular complexity index is 2060. The van der Waals surface area contributed by atoms with Crippen molar-refractivity contribution in [2.45, 2.75) is 87.9 Å². The van der Waals surface area contributed by atoms with Crippen LogP contribution in [0.3, 0.4) is 0 Å². The molecule has 2 saturated carbocycles. The molecular formula is C46H48F3N2O5+. The minimum atomic E-state index is -5.03. The lowest BCUT2D eigenvalue weighted by Crippen LogP contribution is -2.71. The van der Waals surface area contributed by atoms with Gasteiger partial charge in [-0.05, 0) is 54.0 Å². The highest BCUT2D eigenvalue weighted by molar-refractivity contribution is 6.00. The molecule has 3 unspecified atom stereocenters. The van der Waals surface area contributed by atoms with E-state index in [1.165, 1.54) is 42.2 Å². The highest BCUT2D eigenvalue weighted by atomic mass is 19.4. The van der Waals surface area contributed by atoms with Crippen molar-refractivity contribution in [1.29, 1.82) is 0 Å². The molecule has 292 valence electrons. The number of aliphatic hydroxyl groups excluding tert-OH is 1. The molecule has 3 aromatic rings. The number of allylic oxidation sites excluding steroid dienone is 1. The molecule has 4 fully saturated rings. The molecule has 2 bridgehead atoms. The van der Waals surface area contributed by atoms with Gasteiger partial charge in [0.2, 0.25) is 5.72 Å². The summed E-state index contributed by atoms with van der Waals surface area (Å²) in [4.78, 5) is 26.8. The molecule has 10 heteroatoms. The first-order valence-electron chi connectivity index (χ1n) is 20.1. The second-order valence-electron chi connectivity index (χ2n) is 17.0. The van der Waals surface area contributed by atoms with Crippen molar-refractivity contribution in [2.75, 3.05) is 19.6 Å². The van der Waals surface area contributed by atoms with E-state index in [0.717, 1.165) is 73.9 Å². The Morgan fingerprint density at radius 2 is 1.61 bits per heavy atom. The minimum absolute atomic E-state index is 0.154. The zero-order valence-corrected chi connectivity index (χ0v) is 31.5. The van der Waals surface area contributed by atoms with Gasteiger partial charge in [0.05, 0.1) is 37.7 Å². The van der Waals surface area contributed by atoms with Gasteiger partial charge in [-0.15, -0.1) is 0 Å². The Morgan fingerprint density at radius 3 is 2.21 bits per heavy atom. The van der Waals surface area contributed by atoms with Crippen molar-refractivity contribution in [3.8, 4) is 0 Å². The second kappa shape index (κ2) is 13.8. The molecule has 56 heavy (non-hydrogen) atoms. The van der Waals surface area contributed by atoms with Crippen molar-refractivity contribution >= 4 is 18.0 Å². The summed E-state index contributed by atoms with van der Waals surface area (Å²) in [5, 5.41) is 14.6. The van der Waals surface area contributed by atoms with E-state index in [1.54, 1.807) is 18.2 Å². The Morgan fingerprint density at radius 1 is 0.964 bits per heavy atom. The monoisotopic (exact) mass is 765 g/mol. The number of hydrogen-bond donors (Lipinski definition) is 2. The van der Waals surface area contributed by atoms with E-state index in [1.807, 2.05) is 0 Å². The molecule has 7 atom stereocenters. The molecule has 2 aliphatic heterocycles. The zero-order chi connectivity index (χ0) is 38.9. The predicted molar refractivity (Wildman–Crippen MR) is 205 cm³/mol. The maximum absolute atomic E-state index is 14.6. The van der Waals surface area contributed by atoms with E-state index >= 15 is 0 Å². The molecule has 4 aliphatic carbocycles. The number of halogens is 3. The van der Waals surface area contributed by atoms with Gasteiger partial charge in [0.15, 0.2) is 0 Å². The van der Waals surface area contributed by atoms with Gasteiger partial charge in [0, 0.05) is 48.7 Å². The number of esters is 1. The number of rotatable bonds is 10. The van der Waals surface area contributed by atoms with Crippen LogP contribution in [0.1, 0.15) is 74.5 Å². The van der Waals surface area contributed by atoms with Crippen LogP contribution in [-0.2, 0) is 19.1 Å². The summed E-state index contributed by atoms with van der Waals surface area (Å²) < 4.78 is 57.6. The summed E-state index contributed by atoms with van der Waals surface area (Å²) in [6.45, 7) is 3.99. The molecule has 2 heterocycles. The average Bonchev–Trinajstić information content (AvgIpc) is 3.93. The number of nitrogens with one attached hydrogen (secondary N) is 1. The Balaban J connectivity index is 1.14. The SMILES string of the molecule is CC(=O)OC1(NC(=O)C(=Cc2ccccc2)C(F)(F)F)C=C(O)C2=C3C1O[C@H]1CCC[C@H]4[C@@H](C2)[N+](CC2CC2)(CC(c2ccccc2)c2ccccc2)CC[C@]314. The summed E-state index contributed by atoms with van der Waals surface area (Å²) >= 11 is 0. The maximum atomic E-state index is 14.6. The number of alkyl halides is 3. The Kier molecular flexibility index (Phi) is 9.08. The van der Waals surface area contributed by atoms with Crippen LogP contribution >= 0.6 is 0 Å². The summed E-state index contributed by atoms with van der Waals surface area (Å²) in [6.07, 6.45) is 1.90. The molecule has 9 rings (SSSR count). The molecule has 2 saturated heterocycles. The number of hydrogen-bond acceptors (Lipinski definition) is 5. The van der Waals surface area contributed by atoms with Gasteiger partial charge in [-0.25, -0.2) is 0 Å². The number of aliphatic hydroxyl groups is 1. The van der Waals surface area contributed by atoms with E-state index in [-0.39, 0.29) is 35.3 Å². The van der Waals surface area contributed by atoms with Crippen LogP contribution in [0, 0.1) is 17.3 Å². The van der Waals surface area contributed by atoms with Gasteiger partial charge in [0.1, 0.15) is 17.4 Å². The largest absolute Gasteiger partial charge is 0.508 e. The van der Waals surface area contributed by atoms with E-state index in [2.05, 4.69) is 66.0 Å². The lowest BCUT2D eigenvalue weighted by atomic mass is 9.49. The first kappa shape index (κ1) is 36.9. The maximum Gasteiger partial charge on any atom is 0.421 e. The predicted octanol–water partition coefficient (Wildman–Crippen LogP) is 8.55. The molecule has 1 spiro atoms. The number of piperidine rings is 1. The van der Waals surface area contributed by atoms with Gasteiger partial charge in [-0.2, -0.15) is 13.2 Å². The highest BCUT2D eigenvalue weighted by Gasteiger charge is 2.73. The third-order valence-electron chi connectivity index (χ3n) is 13.8. The van der Waals surface area contributed by atoms with Gasteiger partial charge >= 0.3 is 12.1 Å². The van der Waals surface area contributed by atoms with Crippen molar-refractivity contribution < 1.29 is 41.8 Å². The van der Waals surface area contributed by atoms with Crippen molar-refractivity contribution in [3.05, 3.63) is 136 Å². The topological polar surface area (TPSA) is 84.9 Å². The fraction of sp³-hybridized carbons (Fsp3) is 0.435. The van der Waals surface area contributed by atoms with Crippen LogP contribution in [0.4, 0.5) is 13.2 Å². The van der Waals surface area contributed by atoms with Gasteiger partial charge in [-0.1, -0.05) is 97.4 Å². The summed E-state index contributed by atoms with van der Waals surface area (Å²) in [7, 11) is 0. The number of quaternary nitrogens is 1. The summed E-state index contributed by atoms with van der Waals surface area (Å²) in [5.41, 5.74) is 0.0745. The van der Waals surface area contributed by atoms with Crippen LogP contribution < -0.4 is 5.32 Å². The number of nitrogens with zero attached hydrogens (tertiary/aromatic N) is 1. The zero-order valence-electron chi connectivity index (χ0n) is 31.5. The van der Waals surface area contributed by atoms with Crippen LogP contribution in [0.2, 0.25) is 0 Å². The number of amides is 1. The number of benzene rings is 3. The molecule has 7 nitrogen and oxygen atoms in total. The molecule has 0 radical (unpaired) electrons. The minimum Gasteiger partial charge on any atom is -0.508 e. The van der Waals surface area contributed by atoms with E-state index in [0.29, 0.717) is 12.3 Å². The van der Waals surface area contributed by atoms with Gasteiger partial charge in [0.25, 0.3) is 5.91 Å². The number of ether oxygens (including phenoxy) is 2. The molecule has 1 amide bonds. The average molecular weight is 766 g/mol. The Hall–Kier alpha value is -4.67. The molecule has 0 aromatic heterocycles. The van der Waals surface area contributed by atoms with Crippen LogP contribution in [0.5, 0.6) is 0 Å². The first-order chi connectivity index (χ1) is 26.9. The van der Waals surface area contributed by atoms with Crippen molar-refractivity contribution in [1.82, 2.24) is 5.32 Å². The molecule has 3 aromatic carbocycles. The van der Waals surface area contributed by atoms with Crippen molar-refractivity contribution in [2.24, 2.45) is 17.3 Å². The van der Waals surface area contributed by atoms with Gasteiger partial charge < -0.3 is 24.4 Å². The van der Waals surface area contributed by atoms with E-state index in [4.69, 9.17) is 9.47 Å². The highest BCUT2D eigenvalue weighted by Crippen LogP contribution is 2.68. The molecule has 2 N–H and O–H groups in total. The first-order valence-corrected chi connectivity index (χ1v) is 20.1. The quantitative estimate of drug-likeness (QED) is 0.0936. The van der Waals surface area contributed by atoms with Gasteiger partial charge in [-0.3, -0.25) is 9.59 Å². The molecular weight excluding hydrogens is 718 g/mol. The van der Waals surface area contributed by atoms with Crippen LogP contribution in [0.25, 0.3) is 6.08 Å². The van der Waals surface area contributed by atoms with E-state index < -0.39 is 40.9 Å². The fourth-order valence-electron chi connectivity index (χ4n) is 11.5. The lowest BCUT2D eigenvalue weighted by Gasteiger charge is -2.63. The van der Waals surface area contributed by atoms with E-state index in [9.17, 15) is 27.9 Å². The normalized spacial score (nSPS) is 32.1. The lowest BCUT2D eigenvalue weighted by molar-refractivity contribution is -0.965. The second-order valence-corrected chi connectivity index (χ2v) is 17.0. The van der Waals surface area contributed by atoms with Crippen LogP contribution in [-0.4, -0.2) is 71.3 Å². The Labute approximate surface area is 325 Å². The summed E-state index contributed by atoms with van der Waals surface area (Å²) in [6, 6.07) is 29.4. The number of likely N-dealkylation sites (tertiary alicyclic amines) is 1. The smallest absolute Gasteiger partial charge is 0.421 e. The van der Waals surface area contributed by atoms with Crippen LogP contribution in [0.15, 0.2) is 120 Å². The fourth-order valence-corrected chi connectivity index (χ4v) is 11.5. The van der Waals surface area contributed by atoms with Crippen molar-refractivity contribution in [3.63, 3.8) is 0 Å². The third kappa shape index (κ3) is 6.20. The summed E-state index contributed by atoms with van der Waals surface area (Å²) in [5.74, 6) is -1.52. The number of carbonyl (C=O) groups is 2. The number of carbonyl (C=O) groups excluding carboxylic acids is 2.